The zero-order chi connectivity index (χ0) is 11.4. The summed E-state index contributed by atoms with van der Waals surface area (Å²) in [5, 5.41) is 0. The fraction of sp³-hybridized carbons (Fsp3) is 0.333. The van der Waals surface area contributed by atoms with E-state index in [4.69, 9.17) is 0 Å². The molecule has 1 aliphatic carbocycles. The number of hydrogen-bond acceptors (Lipinski definition) is 0. The predicted octanol–water partition coefficient (Wildman–Crippen LogP) is 5.98. The molecule has 1 aromatic carbocycles. The Labute approximate surface area is 113 Å². The Kier molecular flexibility index (Phi) is 7.04. The molecule has 0 spiro atoms. The van der Waals surface area contributed by atoms with Gasteiger partial charge in [0.15, 0.2) is 0 Å². The third-order valence-electron chi connectivity index (χ3n) is 2.98. The molecular weight excluding hydrogens is 216 g/mol. The van der Waals surface area contributed by atoms with Crippen molar-refractivity contribution in [3.8, 4) is 0 Å². The number of rotatable bonds is 2. The van der Waals surface area contributed by atoms with Gasteiger partial charge in [-0.25, -0.2) is 0 Å². The van der Waals surface area contributed by atoms with Crippen molar-refractivity contribution < 1.29 is 0 Å². The van der Waals surface area contributed by atoms with Crippen LogP contribution in [-0.4, -0.2) is 0 Å². The zero-order valence-electron chi connectivity index (χ0n) is 10.0. The Morgan fingerprint density at radius 3 is 2.50 bits per heavy atom. The van der Waals surface area contributed by atoms with Crippen molar-refractivity contribution in [3.05, 3.63) is 52.6 Å². The van der Waals surface area contributed by atoms with Gasteiger partial charge < -0.3 is 0 Å². The van der Waals surface area contributed by atoms with Crippen LogP contribution in [0.5, 0.6) is 0 Å². The Bertz CT molecular complexity index is 459. The van der Waals surface area contributed by atoms with Gasteiger partial charge in [-0.15, -0.1) is 0 Å². The highest BCUT2D eigenvalue weighted by Crippen LogP contribution is 2.26. The molecule has 0 radical (unpaired) electrons. The predicted molar refractivity (Wildman–Crippen MR) is 86.7 cm³/mol. The lowest BCUT2D eigenvalue weighted by molar-refractivity contribution is 1.12. The largest absolute Gasteiger partial charge is 0.0871 e. The molecule has 98 valence electrons. The van der Waals surface area contributed by atoms with E-state index in [1.165, 1.54) is 22.3 Å². The average molecular weight is 242 g/mol. The van der Waals surface area contributed by atoms with Crippen molar-refractivity contribution in [1.29, 1.82) is 0 Å². The van der Waals surface area contributed by atoms with Crippen LogP contribution >= 0.6 is 0 Å². The summed E-state index contributed by atoms with van der Waals surface area (Å²) in [6.07, 6.45) is 15.4. The highest BCUT2D eigenvalue weighted by molar-refractivity contribution is 5.74. The molecule has 0 unspecified atom stereocenters. The maximum absolute atomic E-state index is 2.27. The summed E-state index contributed by atoms with van der Waals surface area (Å²) in [6.45, 7) is 4.30. The quantitative estimate of drug-likeness (QED) is 0.598. The van der Waals surface area contributed by atoms with Crippen molar-refractivity contribution in [3.63, 3.8) is 0 Å². The second kappa shape index (κ2) is 7.71. The minimum atomic E-state index is 0. The molecule has 0 amide bonds. The molecule has 0 heteroatoms. The number of benzene rings is 1. The Hall–Kier alpha value is -1.56. The van der Waals surface area contributed by atoms with Crippen LogP contribution in [0.1, 0.15) is 57.4 Å². The molecule has 18 heavy (non-hydrogen) atoms. The summed E-state index contributed by atoms with van der Waals surface area (Å²) in [6, 6.07) is 4.44. The van der Waals surface area contributed by atoms with E-state index in [9.17, 15) is 0 Å². The van der Waals surface area contributed by atoms with Gasteiger partial charge in [-0.05, 0) is 42.0 Å². The summed E-state index contributed by atoms with van der Waals surface area (Å²) < 4.78 is 0. The number of fused-ring (bicyclic) bond motifs is 1. The molecule has 0 saturated heterocycles. The summed E-state index contributed by atoms with van der Waals surface area (Å²) >= 11 is 0. The van der Waals surface area contributed by atoms with E-state index in [0.29, 0.717) is 0 Å². The Balaban J connectivity index is 0.00000144. The van der Waals surface area contributed by atoms with Crippen LogP contribution < -0.4 is 0 Å². The van der Waals surface area contributed by atoms with Crippen LogP contribution in [0.2, 0.25) is 0 Å². The van der Waals surface area contributed by atoms with Gasteiger partial charge in [-0.2, -0.15) is 0 Å². The first kappa shape index (κ1) is 16.4. The van der Waals surface area contributed by atoms with Crippen molar-refractivity contribution >= 4 is 18.2 Å². The monoisotopic (exact) mass is 242 g/mol. The maximum Gasteiger partial charge on any atom is -0.0149 e. The van der Waals surface area contributed by atoms with Gasteiger partial charge in [0.25, 0.3) is 0 Å². The third kappa shape index (κ3) is 3.22. The molecule has 0 fully saturated rings. The van der Waals surface area contributed by atoms with Crippen LogP contribution in [0.15, 0.2) is 30.4 Å². The normalized spacial score (nSPS) is 12.6. The second-order valence-corrected chi connectivity index (χ2v) is 4.03. The Morgan fingerprint density at radius 2 is 1.83 bits per heavy atom. The van der Waals surface area contributed by atoms with Gasteiger partial charge in [0, 0.05) is 0 Å². The number of hydrogen-bond donors (Lipinski definition) is 0. The van der Waals surface area contributed by atoms with E-state index in [-0.39, 0.29) is 14.9 Å². The van der Waals surface area contributed by atoms with Crippen molar-refractivity contribution in [1.82, 2.24) is 0 Å². The van der Waals surface area contributed by atoms with Crippen LogP contribution in [0.25, 0.3) is 18.2 Å². The van der Waals surface area contributed by atoms with Crippen molar-refractivity contribution in [2.45, 2.75) is 41.5 Å². The standard InChI is InChI=1S/C16H18.2CH4/c1-3-8-13-11-12-14-9-6-5-7-10-16(14)15(13)4-2;;/h3,6-12H,4-5H2,1-2H3;2*1H4/b8-3-;;. The minimum Gasteiger partial charge on any atom is -0.0871 e. The average Bonchev–Trinajstić information content (AvgIpc) is 2.54. The fourth-order valence-electron chi connectivity index (χ4n) is 2.23. The zero-order valence-corrected chi connectivity index (χ0v) is 10.0. The van der Waals surface area contributed by atoms with E-state index >= 15 is 0 Å². The SMILES string of the molecule is C.C.C/C=C\c1ccc2c(c1CC)C=CCC=C2. The highest BCUT2D eigenvalue weighted by Gasteiger charge is 2.07. The molecule has 0 aliphatic heterocycles. The highest BCUT2D eigenvalue weighted by atomic mass is 14.1. The van der Waals surface area contributed by atoms with Gasteiger partial charge in [-0.3, -0.25) is 0 Å². The first-order valence-corrected chi connectivity index (χ1v) is 5.98. The number of allylic oxidation sites excluding steroid dienone is 3. The molecule has 1 aliphatic rings. The first-order chi connectivity index (χ1) is 7.86. The van der Waals surface area contributed by atoms with Gasteiger partial charge in [0.1, 0.15) is 0 Å². The fourth-order valence-corrected chi connectivity index (χ4v) is 2.23. The van der Waals surface area contributed by atoms with Crippen molar-refractivity contribution in [2.24, 2.45) is 0 Å². The van der Waals surface area contributed by atoms with Gasteiger partial charge >= 0.3 is 0 Å². The van der Waals surface area contributed by atoms with Crippen LogP contribution in [-0.2, 0) is 6.42 Å². The lowest BCUT2D eigenvalue weighted by Crippen LogP contribution is -1.94. The summed E-state index contributed by atoms with van der Waals surface area (Å²) in [4.78, 5) is 0. The molecule has 0 heterocycles. The molecule has 1 aromatic rings. The molecule has 0 aromatic heterocycles. The van der Waals surface area contributed by atoms with E-state index in [0.717, 1.165) is 12.8 Å². The molecule has 0 bridgehead atoms. The molecule has 0 nitrogen and oxygen atoms in total. The van der Waals surface area contributed by atoms with Crippen molar-refractivity contribution in [2.75, 3.05) is 0 Å². The summed E-state index contributed by atoms with van der Waals surface area (Å²) in [7, 11) is 0. The third-order valence-corrected chi connectivity index (χ3v) is 2.98. The molecule has 0 atom stereocenters. The van der Waals surface area contributed by atoms with E-state index in [1.807, 2.05) is 0 Å². The molecule has 0 N–H and O–H groups in total. The van der Waals surface area contributed by atoms with E-state index in [1.54, 1.807) is 0 Å². The first-order valence-electron chi connectivity index (χ1n) is 5.98. The summed E-state index contributed by atoms with van der Waals surface area (Å²) in [5.41, 5.74) is 5.55. The van der Waals surface area contributed by atoms with Crippen LogP contribution in [0, 0.1) is 0 Å². The maximum atomic E-state index is 2.27. The minimum absolute atomic E-state index is 0. The summed E-state index contributed by atoms with van der Waals surface area (Å²) in [5.74, 6) is 0. The topological polar surface area (TPSA) is 0 Å². The smallest absolute Gasteiger partial charge is 0.0149 e. The molecular formula is C18H26. The lowest BCUT2D eigenvalue weighted by atomic mass is 9.94. The van der Waals surface area contributed by atoms with Gasteiger partial charge in [0.05, 0.1) is 0 Å². The Morgan fingerprint density at radius 1 is 1.11 bits per heavy atom. The van der Waals surface area contributed by atoms with Gasteiger partial charge in [-0.1, -0.05) is 70.4 Å². The lowest BCUT2D eigenvalue weighted by Gasteiger charge is -2.11. The van der Waals surface area contributed by atoms with Crippen LogP contribution in [0.4, 0.5) is 0 Å². The van der Waals surface area contributed by atoms with Crippen LogP contribution in [0.3, 0.4) is 0 Å². The second-order valence-electron chi connectivity index (χ2n) is 4.03. The molecule has 0 saturated carbocycles. The van der Waals surface area contributed by atoms with E-state index < -0.39 is 0 Å². The van der Waals surface area contributed by atoms with E-state index in [2.05, 4.69) is 62.4 Å². The van der Waals surface area contributed by atoms with Gasteiger partial charge in [0.2, 0.25) is 0 Å². The molecule has 2 rings (SSSR count).